The lowest BCUT2D eigenvalue weighted by Crippen LogP contribution is -2.42. The predicted octanol–water partition coefficient (Wildman–Crippen LogP) is 4.18. The highest BCUT2D eigenvalue weighted by molar-refractivity contribution is 6.00. The van der Waals surface area contributed by atoms with Crippen LogP contribution in [-0.2, 0) is 32.2 Å². The number of nitriles is 1. The highest BCUT2D eigenvalue weighted by atomic mass is 16.6. The number of fused-ring (bicyclic) bond motifs is 1. The Bertz CT molecular complexity index is 1490. The molecule has 2 heterocycles. The van der Waals surface area contributed by atoms with Crippen LogP contribution >= 0.6 is 0 Å². The number of aldehydes is 1. The van der Waals surface area contributed by atoms with E-state index < -0.39 is 12.0 Å². The van der Waals surface area contributed by atoms with Crippen molar-refractivity contribution in [3.05, 3.63) is 101 Å². The summed E-state index contributed by atoms with van der Waals surface area (Å²) < 4.78 is 16.5. The maximum absolute atomic E-state index is 12.9. The molecule has 2 amide bonds. The molecule has 0 bridgehead atoms. The minimum atomic E-state index is -0.809. The number of ether oxygens (including phenoxy) is 3. The monoisotopic (exact) mass is 567 g/mol. The molecule has 10 heteroatoms. The van der Waals surface area contributed by atoms with Crippen molar-refractivity contribution >= 4 is 24.3 Å². The fourth-order valence-corrected chi connectivity index (χ4v) is 5.06. The minimum absolute atomic E-state index is 0.206. The topological polar surface area (TPSA) is 126 Å². The summed E-state index contributed by atoms with van der Waals surface area (Å²) in [7, 11) is 0. The maximum Gasteiger partial charge on any atom is 0.410 e. The standard InChI is InChI=1S/C32H29N3O7/c33-17-23-6-11-28-25(16-23)18-35(31(28)38)29(19-36)24-7-9-26(10-8-24)40-21-30(37)42-27-12-14-34(15-13-27)32(39)41-20-22-4-2-1-3-5-22/h1-11,16,19,27,29H,12-15,18,20-21H2. The number of piperidine rings is 1. The molecule has 1 unspecified atom stereocenters. The van der Waals surface area contributed by atoms with Crippen LogP contribution in [0.3, 0.4) is 0 Å². The Labute approximate surface area is 243 Å². The smallest absolute Gasteiger partial charge is 0.410 e. The Hall–Kier alpha value is -5.17. The van der Waals surface area contributed by atoms with E-state index in [0.29, 0.717) is 60.2 Å². The van der Waals surface area contributed by atoms with Crippen molar-refractivity contribution in [1.29, 1.82) is 5.26 Å². The van der Waals surface area contributed by atoms with Gasteiger partial charge in [-0.3, -0.25) is 4.79 Å². The predicted molar refractivity (Wildman–Crippen MR) is 149 cm³/mol. The van der Waals surface area contributed by atoms with E-state index in [0.717, 1.165) is 5.56 Å². The third-order valence-electron chi connectivity index (χ3n) is 7.31. The number of nitrogens with zero attached hydrogens (tertiary/aromatic N) is 3. The van der Waals surface area contributed by atoms with Crippen LogP contribution in [0.1, 0.15) is 51.5 Å². The van der Waals surface area contributed by atoms with E-state index in [1.165, 1.54) is 4.90 Å². The molecule has 0 radical (unpaired) electrons. The van der Waals surface area contributed by atoms with Gasteiger partial charge in [-0.2, -0.15) is 5.26 Å². The number of hydrogen-bond donors (Lipinski definition) is 0. The number of amides is 2. The Morgan fingerprint density at radius 2 is 1.76 bits per heavy atom. The average Bonchev–Trinajstić information content (AvgIpc) is 3.35. The third kappa shape index (κ3) is 6.58. The average molecular weight is 568 g/mol. The zero-order chi connectivity index (χ0) is 29.5. The van der Waals surface area contributed by atoms with Crippen LogP contribution in [0.4, 0.5) is 4.79 Å². The first-order valence-corrected chi connectivity index (χ1v) is 13.6. The second-order valence-electron chi connectivity index (χ2n) is 10.1. The van der Waals surface area contributed by atoms with Crippen molar-refractivity contribution in [1.82, 2.24) is 9.80 Å². The molecule has 10 nitrogen and oxygen atoms in total. The van der Waals surface area contributed by atoms with Crippen LogP contribution in [0.5, 0.6) is 5.75 Å². The van der Waals surface area contributed by atoms with Crippen LogP contribution in [0.25, 0.3) is 0 Å². The Kier molecular flexibility index (Phi) is 8.78. The van der Waals surface area contributed by atoms with E-state index in [9.17, 15) is 19.2 Å². The summed E-state index contributed by atoms with van der Waals surface area (Å²) in [4.78, 5) is 52.7. The Morgan fingerprint density at radius 1 is 1.02 bits per heavy atom. The molecule has 2 aliphatic rings. The summed E-state index contributed by atoms with van der Waals surface area (Å²) in [5.74, 6) is -0.386. The number of hydrogen-bond acceptors (Lipinski definition) is 8. The highest BCUT2D eigenvalue weighted by Gasteiger charge is 2.33. The molecule has 0 spiro atoms. The van der Waals surface area contributed by atoms with Gasteiger partial charge in [0.25, 0.3) is 5.91 Å². The number of likely N-dealkylation sites (tertiary alicyclic amines) is 1. The summed E-state index contributed by atoms with van der Waals surface area (Å²) in [5, 5.41) is 9.13. The van der Waals surface area contributed by atoms with E-state index in [-0.39, 0.29) is 37.9 Å². The summed E-state index contributed by atoms with van der Waals surface area (Å²) in [6, 6.07) is 22.1. The molecular formula is C32H29N3O7. The van der Waals surface area contributed by atoms with Crippen molar-refractivity contribution in [2.45, 2.75) is 38.1 Å². The van der Waals surface area contributed by atoms with Gasteiger partial charge in [-0.05, 0) is 47.0 Å². The van der Waals surface area contributed by atoms with Crippen LogP contribution in [0, 0.1) is 11.3 Å². The van der Waals surface area contributed by atoms with Gasteiger partial charge in [-0.25, -0.2) is 9.59 Å². The van der Waals surface area contributed by atoms with Crippen molar-refractivity contribution in [3.8, 4) is 11.8 Å². The molecule has 42 heavy (non-hydrogen) atoms. The number of esters is 1. The molecule has 3 aromatic rings. The number of rotatable bonds is 9. The fraction of sp³-hybridized carbons (Fsp3) is 0.281. The van der Waals surface area contributed by atoms with Gasteiger partial charge in [0.05, 0.1) is 11.6 Å². The number of carbonyl (C=O) groups is 4. The maximum atomic E-state index is 12.9. The van der Waals surface area contributed by atoms with Gasteiger partial charge in [0.1, 0.15) is 30.8 Å². The first-order chi connectivity index (χ1) is 20.4. The van der Waals surface area contributed by atoms with Gasteiger partial charge in [-0.1, -0.05) is 42.5 Å². The van der Waals surface area contributed by atoms with Crippen molar-refractivity contribution in [3.63, 3.8) is 0 Å². The van der Waals surface area contributed by atoms with Crippen LogP contribution in [-0.4, -0.2) is 59.9 Å². The van der Waals surface area contributed by atoms with E-state index in [4.69, 9.17) is 19.5 Å². The second kappa shape index (κ2) is 13.0. The lowest BCUT2D eigenvalue weighted by Gasteiger charge is -2.31. The number of carbonyl (C=O) groups excluding carboxylic acids is 4. The highest BCUT2D eigenvalue weighted by Crippen LogP contribution is 2.31. The van der Waals surface area contributed by atoms with Gasteiger partial charge in [0, 0.05) is 38.0 Å². The molecular weight excluding hydrogens is 538 g/mol. The molecule has 0 saturated carbocycles. The van der Waals surface area contributed by atoms with E-state index >= 15 is 0 Å². The molecule has 2 aliphatic heterocycles. The van der Waals surface area contributed by atoms with E-state index in [1.807, 2.05) is 30.3 Å². The van der Waals surface area contributed by atoms with Gasteiger partial charge in [0.2, 0.25) is 0 Å². The van der Waals surface area contributed by atoms with Crippen molar-refractivity contribution < 1.29 is 33.4 Å². The molecule has 1 atom stereocenters. The van der Waals surface area contributed by atoms with Crippen LogP contribution in [0.15, 0.2) is 72.8 Å². The van der Waals surface area contributed by atoms with Crippen LogP contribution < -0.4 is 4.74 Å². The van der Waals surface area contributed by atoms with E-state index in [2.05, 4.69) is 6.07 Å². The first kappa shape index (κ1) is 28.4. The fourth-order valence-electron chi connectivity index (χ4n) is 5.06. The Morgan fingerprint density at radius 3 is 2.45 bits per heavy atom. The first-order valence-electron chi connectivity index (χ1n) is 13.6. The molecule has 214 valence electrons. The normalized spacial score (nSPS) is 15.4. The van der Waals surface area contributed by atoms with Gasteiger partial charge < -0.3 is 28.8 Å². The molecule has 0 N–H and O–H groups in total. The quantitative estimate of drug-likeness (QED) is 0.279. The lowest BCUT2D eigenvalue weighted by molar-refractivity contribution is -0.153. The molecule has 3 aromatic carbocycles. The Balaban J connectivity index is 1.06. The van der Waals surface area contributed by atoms with Crippen molar-refractivity contribution in [2.75, 3.05) is 19.7 Å². The van der Waals surface area contributed by atoms with Gasteiger partial charge >= 0.3 is 12.1 Å². The minimum Gasteiger partial charge on any atom is -0.482 e. The molecule has 0 aromatic heterocycles. The number of benzene rings is 3. The zero-order valence-corrected chi connectivity index (χ0v) is 22.8. The second-order valence-corrected chi connectivity index (χ2v) is 10.1. The summed E-state index contributed by atoms with van der Waals surface area (Å²) in [5.41, 5.74) is 3.15. The summed E-state index contributed by atoms with van der Waals surface area (Å²) >= 11 is 0. The molecule has 1 saturated heterocycles. The summed E-state index contributed by atoms with van der Waals surface area (Å²) in [6.45, 7) is 0.991. The zero-order valence-electron chi connectivity index (χ0n) is 22.8. The summed E-state index contributed by atoms with van der Waals surface area (Å²) in [6.07, 6.45) is 1.01. The SMILES string of the molecule is N#Cc1ccc2c(c1)CN(C(C=O)c1ccc(OCC(=O)OC3CCN(C(=O)OCc4ccccc4)CC3)cc1)C2=O. The molecule has 0 aliphatic carbocycles. The van der Waals surface area contributed by atoms with Crippen molar-refractivity contribution in [2.24, 2.45) is 0 Å². The lowest BCUT2D eigenvalue weighted by atomic mass is 10.1. The largest absolute Gasteiger partial charge is 0.482 e. The van der Waals surface area contributed by atoms with E-state index in [1.54, 1.807) is 47.4 Å². The van der Waals surface area contributed by atoms with Gasteiger partial charge in [-0.15, -0.1) is 0 Å². The third-order valence-corrected chi connectivity index (χ3v) is 7.31. The molecule has 5 rings (SSSR count). The molecule has 1 fully saturated rings. The van der Waals surface area contributed by atoms with Gasteiger partial charge in [0.15, 0.2) is 6.61 Å². The van der Waals surface area contributed by atoms with Crippen LogP contribution in [0.2, 0.25) is 0 Å².